The van der Waals surface area contributed by atoms with Gasteiger partial charge in [-0.1, -0.05) is 57.2 Å². The first-order valence-corrected chi connectivity index (χ1v) is 11.2. The Balaban J connectivity index is 1.61. The van der Waals surface area contributed by atoms with Gasteiger partial charge in [0.25, 0.3) is 0 Å². The smallest absolute Gasteiger partial charge is 0.230 e. The third-order valence-corrected chi connectivity index (χ3v) is 5.34. The van der Waals surface area contributed by atoms with Crippen molar-refractivity contribution in [3.63, 3.8) is 0 Å². The molecule has 0 aliphatic carbocycles. The molecule has 1 fully saturated rings. The number of amides is 2. The van der Waals surface area contributed by atoms with Gasteiger partial charge >= 0.3 is 0 Å². The van der Waals surface area contributed by atoms with Gasteiger partial charge in [-0.15, -0.1) is 5.10 Å². The fourth-order valence-corrected chi connectivity index (χ4v) is 3.73. The van der Waals surface area contributed by atoms with Crippen molar-refractivity contribution in [2.24, 2.45) is 11.3 Å². The van der Waals surface area contributed by atoms with E-state index in [9.17, 15) is 9.59 Å². The number of benzene rings is 2. The van der Waals surface area contributed by atoms with Crippen LogP contribution in [0.4, 0.5) is 5.82 Å². The van der Waals surface area contributed by atoms with E-state index in [1.807, 2.05) is 59.3 Å². The van der Waals surface area contributed by atoms with E-state index >= 15 is 0 Å². The van der Waals surface area contributed by atoms with Gasteiger partial charge in [0.1, 0.15) is 0 Å². The molecule has 2 amide bonds. The van der Waals surface area contributed by atoms with Crippen LogP contribution in [-0.2, 0) is 20.9 Å². The number of anilines is 1. The SMILES string of the molecule is CC(C)(C)COCc1cccc(-c2cc(NC(=O)[C@@H]3CNC(=O)C3)nn2-c2ccccc2)c1. The van der Waals surface area contributed by atoms with E-state index < -0.39 is 0 Å². The summed E-state index contributed by atoms with van der Waals surface area (Å²) in [4.78, 5) is 24.1. The van der Waals surface area contributed by atoms with Gasteiger partial charge in [-0.3, -0.25) is 9.59 Å². The van der Waals surface area contributed by atoms with Gasteiger partial charge in [0.05, 0.1) is 30.5 Å². The molecule has 33 heavy (non-hydrogen) atoms. The minimum Gasteiger partial charge on any atom is -0.376 e. The lowest BCUT2D eigenvalue weighted by Crippen LogP contribution is -2.24. The molecule has 2 heterocycles. The van der Waals surface area contributed by atoms with Crippen molar-refractivity contribution in [3.8, 4) is 16.9 Å². The highest BCUT2D eigenvalue weighted by molar-refractivity contribution is 5.97. The summed E-state index contributed by atoms with van der Waals surface area (Å²) in [5, 5.41) is 10.2. The van der Waals surface area contributed by atoms with Crippen molar-refractivity contribution in [1.29, 1.82) is 0 Å². The predicted octanol–water partition coefficient (Wildman–Crippen LogP) is 4.18. The maximum atomic E-state index is 12.6. The maximum Gasteiger partial charge on any atom is 0.230 e. The summed E-state index contributed by atoms with van der Waals surface area (Å²) in [6.07, 6.45) is 0.203. The molecule has 1 atom stereocenters. The zero-order valence-corrected chi connectivity index (χ0v) is 19.3. The molecule has 0 radical (unpaired) electrons. The van der Waals surface area contributed by atoms with Gasteiger partial charge in [0.2, 0.25) is 11.8 Å². The number of aromatic nitrogens is 2. The minimum atomic E-state index is -0.383. The summed E-state index contributed by atoms with van der Waals surface area (Å²) in [6, 6.07) is 19.8. The molecule has 0 unspecified atom stereocenters. The summed E-state index contributed by atoms with van der Waals surface area (Å²) in [7, 11) is 0. The minimum absolute atomic E-state index is 0.101. The highest BCUT2D eigenvalue weighted by Crippen LogP contribution is 2.28. The van der Waals surface area contributed by atoms with Gasteiger partial charge in [-0.2, -0.15) is 0 Å². The zero-order chi connectivity index (χ0) is 23.4. The topological polar surface area (TPSA) is 85.2 Å². The Morgan fingerprint density at radius 1 is 1.15 bits per heavy atom. The van der Waals surface area contributed by atoms with Crippen LogP contribution in [0.5, 0.6) is 0 Å². The molecule has 4 rings (SSSR count). The molecule has 3 aromatic rings. The Hall–Kier alpha value is -3.45. The van der Waals surface area contributed by atoms with Crippen molar-refractivity contribution >= 4 is 17.6 Å². The molecule has 172 valence electrons. The molecule has 1 saturated heterocycles. The predicted molar refractivity (Wildman–Crippen MR) is 128 cm³/mol. The van der Waals surface area contributed by atoms with E-state index in [0.717, 1.165) is 22.5 Å². The average molecular weight is 447 g/mol. The monoisotopic (exact) mass is 446 g/mol. The first-order chi connectivity index (χ1) is 15.8. The lowest BCUT2D eigenvalue weighted by atomic mass is 9.99. The molecule has 0 saturated carbocycles. The molecule has 1 aliphatic rings. The number of nitrogens with zero attached hydrogens (tertiary/aromatic N) is 2. The average Bonchev–Trinajstić information content (AvgIpc) is 3.40. The normalized spacial score (nSPS) is 16.0. The van der Waals surface area contributed by atoms with Gasteiger partial charge in [0.15, 0.2) is 5.82 Å². The lowest BCUT2D eigenvalue weighted by molar-refractivity contribution is -0.123. The Morgan fingerprint density at radius 2 is 1.94 bits per heavy atom. The van der Waals surface area contributed by atoms with Crippen molar-refractivity contribution in [2.45, 2.75) is 33.8 Å². The fraction of sp³-hybridized carbons (Fsp3) is 0.346. The van der Waals surface area contributed by atoms with Crippen molar-refractivity contribution in [2.75, 3.05) is 18.5 Å². The van der Waals surface area contributed by atoms with Gasteiger partial charge in [0, 0.05) is 24.6 Å². The van der Waals surface area contributed by atoms with Crippen LogP contribution in [0.1, 0.15) is 32.8 Å². The Bertz CT molecular complexity index is 1130. The Morgan fingerprint density at radius 3 is 2.64 bits per heavy atom. The standard InChI is InChI=1S/C26H30N4O3/c1-26(2,3)17-33-16-18-8-7-9-19(12-18)22-14-23(28-25(32)20-13-24(31)27-15-20)29-30(22)21-10-5-4-6-11-21/h4-12,14,20H,13,15-17H2,1-3H3,(H,27,31)(H,28,29,32)/t20-/m0/s1. The van der Waals surface area contributed by atoms with Gasteiger partial charge in [-0.05, 0) is 29.2 Å². The molecular formula is C26H30N4O3. The van der Waals surface area contributed by atoms with E-state index in [1.165, 1.54) is 0 Å². The van der Waals surface area contributed by atoms with Crippen LogP contribution in [-0.4, -0.2) is 34.7 Å². The molecule has 0 spiro atoms. The van der Waals surface area contributed by atoms with E-state index in [-0.39, 0.29) is 29.6 Å². The third-order valence-electron chi connectivity index (χ3n) is 5.34. The number of rotatable bonds is 7. The highest BCUT2D eigenvalue weighted by atomic mass is 16.5. The molecule has 1 aliphatic heterocycles. The second-order valence-corrected chi connectivity index (χ2v) is 9.61. The summed E-state index contributed by atoms with van der Waals surface area (Å²) in [5.41, 5.74) is 3.89. The van der Waals surface area contributed by atoms with E-state index in [0.29, 0.717) is 25.6 Å². The van der Waals surface area contributed by atoms with E-state index in [2.05, 4.69) is 42.6 Å². The Labute approximate surface area is 194 Å². The number of para-hydroxylation sites is 1. The van der Waals surface area contributed by atoms with Crippen LogP contribution in [0.3, 0.4) is 0 Å². The largest absolute Gasteiger partial charge is 0.376 e. The highest BCUT2D eigenvalue weighted by Gasteiger charge is 2.28. The van der Waals surface area contributed by atoms with Crippen LogP contribution in [0.15, 0.2) is 60.7 Å². The number of nitrogens with one attached hydrogen (secondary N) is 2. The molecule has 0 bridgehead atoms. The summed E-state index contributed by atoms with van der Waals surface area (Å²) in [6.45, 7) is 8.00. The first-order valence-electron chi connectivity index (χ1n) is 11.2. The lowest BCUT2D eigenvalue weighted by Gasteiger charge is -2.18. The third kappa shape index (κ3) is 5.87. The second kappa shape index (κ2) is 9.58. The van der Waals surface area contributed by atoms with Gasteiger partial charge in [-0.25, -0.2) is 4.68 Å². The molecule has 7 nitrogen and oxygen atoms in total. The van der Waals surface area contributed by atoms with Gasteiger partial charge < -0.3 is 15.4 Å². The van der Waals surface area contributed by atoms with Crippen LogP contribution in [0, 0.1) is 11.3 Å². The quantitative estimate of drug-likeness (QED) is 0.570. The maximum absolute atomic E-state index is 12.6. The molecule has 7 heteroatoms. The number of hydrogen-bond acceptors (Lipinski definition) is 4. The number of carbonyl (C=O) groups excluding carboxylic acids is 2. The summed E-state index contributed by atoms with van der Waals surface area (Å²) in [5.74, 6) is -0.239. The van der Waals surface area contributed by atoms with Crippen molar-refractivity contribution in [1.82, 2.24) is 15.1 Å². The molecule has 2 N–H and O–H groups in total. The van der Waals surface area contributed by atoms with Crippen LogP contribution >= 0.6 is 0 Å². The number of hydrogen-bond donors (Lipinski definition) is 2. The summed E-state index contributed by atoms with van der Waals surface area (Å²) >= 11 is 0. The van der Waals surface area contributed by atoms with Crippen LogP contribution in [0.2, 0.25) is 0 Å². The Kier molecular flexibility index (Phi) is 6.60. The van der Waals surface area contributed by atoms with Crippen LogP contribution in [0.25, 0.3) is 16.9 Å². The fourth-order valence-electron chi connectivity index (χ4n) is 3.73. The molecular weight excluding hydrogens is 416 g/mol. The molecule has 1 aromatic heterocycles. The molecule has 2 aromatic carbocycles. The van der Waals surface area contributed by atoms with Crippen molar-refractivity contribution in [3.05, 3.63) is 66.2 Å². The number of carbonyl (C=O) groups is 2. The van der Waals surface area contributed by atoms with E-state index in [4.69, 9.17) is 4.74 Å². The van der Waals surface area contributed by atoms with Crippen molar-refractivity contribution < 1.29 is 14.3 Å². The summed E-state index contributed by atoms with van der Waals surface area (Å²) < 4.78 is 7.72. The van der Waals surface area contributed by atoms with E-state index in [1.54, 1.807) is 0 Å². The second-order valence-electron chi connectivity index (χ2n) is 9.61. The zero-order valence-electron chi connectivity index (χ0n) is 19.3. The first kappa shape index (κ1) is 22.7. The van der Waals surface area contributed by atoms with Crippen LogP contribution < -0.4 is 10.6 Å². The number of ether oxygens (including phenoxy) is 1.